The van der Waals surface area contributed by atoms with Crippen molar-refractivity contribution in [1.29, 1.82) is 0 Å². The van der Waals surface area contributed by atoms with Crippen molar-refractivity contribution in [3.05, 3.63) is 0 Å². The van der Waals surface area contributed by atoms with Crippen molar-refractivity contribution in [2.75, 3.05) is 26.3 Å². The van der Waals surface area contributed by atoms with Gasteiger partial charge in [0.05, 0.1) is 24.1 Å². The Balaban J connectivity index is 2.51. The van der Waals surface area contributed by atoms with Crippen molar-refractivity contribution >= 4 is 23.1 Å². The molecule has 1 fully saturated rings. The van der Waals surface area contributed by atoms with Gasteiger partial charge in [0.1, 0.15) is 0 Å². The number of carbonyl (C=O) groups excluding carboxylic acids is 1. The summed E-state index contributed by atoms with van der Waals surface area (Å²) in [5.74, 6) is -0.416. The van der Waals surface area contributed by atoms with Gasteiger partial charge < -0.3 is 10.5 Å². The van der Waals surface area contributed by atoms with Crippen LogP contribution in [-0.2, 0) is 9.53 Å². The number of ether oxygens (including phenoxy) is 1. The Morgan fingerprint density at radius 3 is 2.44 bits per heavy atom. The largest absolute Gasteiger partial charge is 0.393 e. The number of amides is 1. The van der Waals surface area contributed by atoms with Gasteiger partial charge in [0.25, 0.3) is 0 Å². The Morgan fingerprint density at radius 1 is 1.44 bits per heavy atom. The molecular formula is C10H19N3O2S. The minimum Gasteiger partial charge on any atom is -0.393 e. The monoisotopic (exact) mass is 245 g/mol. The minimum absolute atomic E-state index is 0.110. The highest BCUT2D eigenvalue weighted by Crippen LogP contribution is 2.11. The summed E-state index contributed by atoms with van der Waals surface area (Å²) in [7, 11) is 0. The van der Waals surface area contributed by atoms with Crippen molar-refractivity contribution in [2.24, 2.45) is 17.6 Å². The Bertz CT molecular complexity index is 265. The van der Waals surface area contributed by atoms with Crippen LogP contribution in [0, 0.1) is 11.8 Å². The quantitative estimate of drug-likeness (QED) is 0.678. The first kappa shape index (κ1) is 13.3. The SMILES string of the molecule is CC(C)C(C(=O)NN1CCOCC1)C(N)=S. The van der Waals surface area contributed by atoms with Gasteiger partial charge >= 0.3 is 0 Å². The molecule has 16 heavy (non-hydrogen) atoms. The van der Waals surface area contributed by atoms with Gasteiger partial charge in [-0.05, 0) is 5.92 Å². The highest BCUT2D eigenvalue weighted by atomic mass is 32.1. The Morgan fingerprint density at radius 2 is 2.00 bits per heavy atom. The standard InChI is InChI=1S/C10H19N3O2S/c1-7(2)8(9(11)16)10(14)12-13-3-5-15-6-4-13/h7-8H,3-6H2,1-2H3,(H2,11,16)(H,12,14). The zero-order chi connectivity index (χ0) is 12.1. The van der Waals surface area contributed by atoms with Crippen LogP contribution >= 0.6 is 12.2 Å². The third-order valence-corrected chi connectivity index (χ3v) is 2.79. The molecule has 1 atom stereocenters. The van der Waals surface area contributed by atoms with Gasteiger partial charge in [-0.2, -0.15) is 0 Å². The van der Waals surface area contributed by atoms with Gasteiger partial charge in [0.2, 0.25) is 5.91 Å². The normalized spacial score (nSPS) is 19.4. The van der Waals surface area contributed by atoms with Crippen LogP contribution in [0.1, 0.15) is 13.8 Å². The van der Waals surface area contributed by atoms with Gasteiger partial charge in [-0.25, -0.2) is 5.01 Å². The van der Waals surface area contributed by atoms with Crippen LogP contribution in [0.3, 0.4) is 0 Å². The number of thiocarbonyl (C=S) groups is 1. The van der Waals surface area contributed by atoms with E-state index < -0.39 is 5.92 Å². The number of rotatable bonds is 4. The van der Waals surface area contributed by atoms with Crippen LogP contribution in [0.15, 0.2) is 0 Å². The Labute approximate surface area is 101 Å². The molecule has 0 aromatic heterocycles. The molecule has 1 rings (SSSR count). The lowest BCUT2D eigenvalue weighted by Gasteiger charge is -2.29. The summed E-state index contributed by atoms with van der Waals surface area (Å²) in [4.78, 5) is 12.2. The number of morpholine rings is 1. The lowest BCUT2D eigenvalue weighted by molar-refractivity contribution is -0.131. The number of carbonyl (C=O) groups is 1. The fourth-order valence-electron chi connectivity index (χ4n) is 1.66. The van der Waals surface area contributed by atoms with E-state index in [0.29, 0.717) is 26.3 Å². The predicted molar refractivity (Wildman–Crippen MR) is 65.6 cm³/mol. The van der Waals surface area contributed by atoms with Crippen molar-refractivity contribution in [2.45, 2.75) is 13.8 Å². The highest BCUT2D eigenvalue weighted by molar-refractivity contribution is 7.80. The molecule has 0 bridgehead atoms. The van der Waals surface area contributed by atoms with Crippen LogP contribution in [0.2, 0.25) is 0 Å². The number of nitrogens with two attached hydrogens (primary N) is 1. The van der Waals surface area contributed by atoms with Crippen molar-refractivity contribution in [3.63, 3.8) is 0 Å². The molecule has 6 heteroatoms. The fourth-order valence-corrected chi connectivity index (χ4v) is 2.04. The summed E-state index contributed by atoms with van der Waals surface area (Å²) in [6.07, 6.45) is 0. The molecule has 3 N–H and O–H groups in total. The van der Waals surface area contributed by atoms with E-state index in [9.17, 15) is 4.79 Å². The van der Waals surface area contributed by atoms with E-state index in [2.05, 4.69) is 5.43 Å². The van der Waals surface area contributed by atoms with Crippen molar-refractivity contribution in [1.82, 2.24) is 10.4 Å². The molecule has 5 nitrogen and oxygen atoms in total. The molecule has 1 unspecified atom stereocenters. The number of hydrogen-bond donors (Lipinski definition) is 2. The van der Waals surface area contributed by atoms with Crippen LogP contribution < -0.4 is 11.2 Å². The minimum atomic E-state index is -0.405. The van der Waals surface area contributed by atoms with Crippen molar-refractivity contribution < 1.29 is 9.53 Å². The second-order valence-corrected chi connectivity index (χ2v) is 4.67. The number of hydrazine groups is 1. The summed E-state index contributed by atoms with van der Waals surface area (Å²) >= 11 is 4.91. The first-order valence-corrected chi connectivity index (χ1v) is 5.85. The van der Waals surface area contributed by atoms with Gasteiger partial charge in [0, 0.05) is 13.1 Å². The van der Waals surface area contributed by atoms with Crippen LogP contribution in [-0.4, -0.2) is 42.2 Å². The fraction of sp³-hybridized carbons (Fsp3) is 0.800. The second-order valence-electron chi connectivity index (χ2n) is 4.20. The summed E-state index contributed by atoms with van der Waals surface area (Å²) in [5, 5.41) is 1.85. The van der Waals surface area contributed by atoms with E-state index in [4.69, 9.17) is 22.7 Å². The van der Waals surface area contributed by atoms with E-state index in [0.717, 1.165) is 0 Å². The molecule has 1 heterocycles. The summed E-state index contributed by atoms with van der Waals surface area (Å²) in [6, 6.07) is 0. The maximum absolute atomic E-state index is 11.9. The number of nitrogens with zero attached hydrogens (tertiary/aromatic N) is 1. The van der Waals surface area contributed by atoms with E-state index in [1.54, 1.807) is 0 Å². The van der Waals surface area contributed by atoms with Gasteiger partial charge in [-0.1, -0.05) is 26.1 Å². The topological polar surface area (TPSA) is 67.6 Å². The molecule has 1 aliphatic heterocycles. The van der Waals surface area contributed by atoms with E-state index in [-0.39, 0.29) is 16.8 Å². The van der Waals surface area contributed by atoms with Gasteiger partial charge in [-0.3, -0.25) is 10.2 Å². The molecule has 0 aliphatic carbocycles. The number of hydrogen-bond acceptors (Lipinski definition) is 4. The molecular weight excluding hydrogens is 226 g/mol. The van der Waals surface area contributed by atoms with Gasteiger partial charge in [0.15, 0.2) is 0 Å². The van der Waals surface area contributed by atoms with Crippen LogP contribution in [0.25, 0.3) is 0 Å². The predicted octanol–water partition coefficient (Wildman–Crippen LogP) is -0.0919. The molecule has 92 valence electrons. The molecule has 0 spiro atoms. The molecule has 0 aromatic carbocycles. The first-order chi connectivity index (χ1) is 7.52. The number of nitrogens with one attached hydrogen (secondary N) is 1. The molecule has 0 saturated carbocycles. The molecule has 1 amide bonds. The summed E-state index contributed by atoms with van der Waals surface area (Å²) in [5.41, 5.74) is 8.40. The summed E-state index contributed by atoms with van der Waals surface area (Å²) < 4.78 is 5.19. The van der Waals surface area contributed by atoms with Gasteiger partial charge in [-0.15, -0.1) is 0 Å². The third kappa shape index (κ3) is 3.70. The van der Waals surface area contributed by atoms with Crippen LogP contribution in [0.5, 0.6) is 0 Å². The zero-order valence-corrected chi connectivity index (χ0v) is 10.5. The zero-order valence-electron chi connectivity index (χ0n) is 9.73. The van der Waals surface area contributed by atoms with E-state index in [1.807, 2.05) is 18.9 Å². The molecule has 1 aliphatic rings. The lowest BCUT2D eigenvalue weighted by Crippen LogP contribution is -2.52. The molecule has 0 aromatic rings. The Hall–Kier alpha value is -0.720. The van der Waals surface area contributed by atoms with E-state index >= 15 is 0 Å². The lowest BCUT2D eigenvalue weighted by atomic mass is 9.95. The summed E-state index contributed by atoms with van der Waals surface area (Å²) in [6.45, 7) is 6.55. The van der Waals surface area contributed by atoms with E-state index in [1.165, 1.54) is 0 Å². The smallest absolute Gasteiger partial charge is 0.244 e. The van der Waals surface area contributed by atoms with Crippen molar-refractivity contribution in [3.8, 4) is 0 Å². The maximum Gasteiger partial charge on any atom is 0.244 e. The molecule has 0 radical (unpaired) electrons. The average Bonchev–Trinajstić information content (AvgIpc) is 2.17. The van der Waals surface area contributed by atoms with Crippen LogP contribution in [0.4, 0.5) is 0 Å². The maximum atomic E-state index is 11.9. The Kier molecular flexibility index (Phi) is 5.11. The first-order valence-electron chi connectivity index (χ1n) is 5.45. The highest BCUT2D eigenvalue weighted by Gasteiger charge is 2.26. The average molecular weight is 245 g/mol. The second kappa shape index (κ2) is 6.12. The third-order valence-electron chi connectivity index (χ3n) is 2.54. The molecule has 1 saturated heterocycles.